The summed E-state index contributed by atoms with van der Waals surface area (Å²) < 4.78 is 11.0. The lowest BCUT2D eigenvalue weighted by Crippen LogP contribution is -2.21. The zero-order valence-corrected chi connectivity index (χ0v) is 18.2. The summed E-state index contributed by atoms with van der Waals surface area (Å²) in [5.74, 6) is -0.932. The third-order valence-corrected chi connectivity index (χ3v) is 5.36. The molecule has 1 aliphatic rings. The summed E-state index contributed by atoms with van der Waals surface area (Å²) in [5.41, 5.74) is 7.83. The van der Waals surface area contributed by atoms with Crippen LogP contribution < -0.4 is 15.2 Å². The van der Waals surface area contributed by atoms with Gasteiger partial charge in [-0.2, -0.15) is 5.26 Å². The molecule has 1 aliphatic heterocycles. The summed E-state index contributed by atoms with van der Waals surface area (Å²) in [6.07, 6.45) is 2.86. The second-order valence-corrected chi connectivity index (χ2v) is 7.72. The number of halogens is 1. The van der Waals surface area contributed by atoms with Gasteiger partial charge in [0, 0.05) is 34.9 Å². The second-order valence-electron chi connectivity index (χ2n) is 7.28. The number of fused-ring (bicyclic) bond motifs is 1. The lowest BCUT2D eigenvalue weighted by Gasteiger charge is -2.26. The van der Waals surface area contributed by atoms with Crippen molar-refractivity contribution in [2.75, 3.05) is 0 Å². The lowest BCUT2D eigenvalue weighted by molar-refractivity contribution is -0.384. The van der Waals surface area contributed by atoms with Crippen molar-refractivity contribution in [2.24, 2.45) is 5.73 Å². The first-order valence-electron chi connectivity index (χ1n) is 9.97. The van der Waals surface area contributed by atoms with Gasteiger partial charge >= 0.3 is 5.97 Å². The van der Waals surface area contributed by atoms with Gasteiger partial charge in [-0.1, -0.05) is 41.9 Å². The molecule has 2 N–H and O–H groups in total. The highest BCUT2D eigenvalue weighted by molar-refractivity contribution is 6.30. The van der Waals surface area contributed by atoms with E-state index in [1.165, 1.54) is 30.3 Å². The molecule has 0 aromatic heterocycles. The number of rotatable bonds is 5. The normalized spacial score (nSPS) is 14.8. The number of nitrogens with zero attached hydrogens (tertiary/aromatic N) is 2. The Morgan fingerprint density at radius 2 is 1.94 bits per heavy atom. The number of hydrogen-bond acceptors (Lipinski definition) is 7. The highest BCUT2D eigenvalue weighted by Crippen LogP contribution is 2.43. The molecule has 0 saturated carbocycles. The minimum atomic E-state index is -0.678. The quantitative estimate of drug-likeness (QED) is 0.180. The molecule has 0 fully saturated rings. The van der Waals surface area contributed by atoms with Gasteiger partial charge in [-0.3, -0.25) is 10.1 Å². The Bertz CT molecular complexity index is 1390. The van der Waals surface area contributed by atoms with Crippen LogP contribution in [0.5, 0.6) is 11.5 Å². The number of nitro groups is 1. The van der Waals surface area contributed by atoms with Crippen LogP contribution in [-0.4, -0.2) is 10.9 Å². The largest absolute Gasteiger partial charge is 0.440 e. The molecule has 0 saturated heterocycles. The maximum Gasteiger partial charge on any atom is 0.336 e. The number of nitro benzene ring substituents is 1. The number of benzene rings is 3. The molecule has 1 atom stereocenters. The van der Waals surface area contributed by atoms with Crippen molar-refractivity contribution in [3.05, 3.63) is 116 Å². The van der Waals surface area contributed by atoms with Crippen molar-refractivity contribution in [2.45, 2.75) is 5.92 Å². The first-order chi connectivity index (χ1) is 16.4. The number of allylic oxidation sites excluding steroid dienone is 1. The molecule has 1 heterocycles. The lowest BCUT2D eigenvalue weighted by atomic mass is 9.83. The molecule has 4 rings (SSSR count). The molecule has 9 heteroatoms. The Morgan fingerprint density at radius 3 is 2.65 bits per heavy atom. The first kappa shape index (κ1) is 22.6. The third-order valence-electron chi connectivity index (χ3n) is 5.11. The fourth-order valence-corrected chi connectivity index (χ4v) is 3.67. The van der Waals surface area contributed by atoms with Crippen molar-refractivity contribution in [3.63, 3.8) is 0 Å². The molecular formula is C25H16ClN3O5. The van der Waals surface area contributed by atoms with E-state index in [9.17, 15) is 20.2 Å². The van der Waals surface area contributed by atoms with Crippen LogP contribution in [0.2, 0.25) is 5.02 Å². The van der Waals surface area contributed by atoms with Gasteiger partial charge in [-0.05, 0) is 35.4 Å². The summed E-state index contributed by atoms with van der Waals surface area (Å²) in [6.45, 7) is 0. The van der Waals surface area contributed by atoms with E-state index in [2.05, 4.69) is 0 Å². The maximum atomic E-state index is 12.3. The van der Waals surface area contributed by atoms with Crippen LogP contribution in [0.25, 0.3) is 6.08 Å². The number of ether oxygens (including phenoxy) is 2. The number of carbonyl (C=O) groups excluding carboxylic acids is 1. The van der Waals surface area contributed by atoms with E-state index in [0.29, 0.717) is 16.1 Å². The van der Waals surface area contributed by atoms with E-state index in [0.717, 1.165) is 5.56 Å². The van der Waals surface area contributed by atoms with Crippen molar-refractivity contribution in [3.8, 4) is 17.6 Å². The van der Waals surface area contributed by atoms with Gasteiger partial charge in [0.15, 0.2) is 0 Å². The van der Waals surface area contributed by atoms with Gasteiger partial charge in [0.1, 0.15) is 23.1 Å². The fourth-order valence-electron chi connectivity index (χ4n) is 3.55. The third kappa shape index (κ3) is 4.75. The van der Waals surface area contributed by atoms with Crippen LogP contribution in [0, 0.1) is 21.4 Å². The Balaban J connectivity index is 1.62. The van der Waals surface area contributed by atoms with Crippen LogP contribution in [0.15, 0.2) is 84.3 Å². The molecule has 3 aromatic rings. The highest BCUT2D eigenvalue weighted by Gasteiger charge is 2.31. The van der Waals surface area contributed by atoms with Crippen LogP contribution in [-0.2, 0) is 4.79 Å². The standard InChI is InChI=1S/C25H16ClN3O5/c26-17-7-4-15(5-8-17)6-11-23(30)33-19-9-10-20-22(13-19)34-25(28)21(14-27)24(20)16-2-1-3-18(12-16)29(31)32/h1-13,24H,28H2/b11-6+. The Morgan fingerprint density at radius 1 is 1.18 bits per heavy atom. The predicted octanol–water partition coefficient (Wildman–Crippen LogP) is 5.09. The Labute approximate surface area is 199 Å². The zero-order chi connectivity index (χ0) is 24.2. The monoisotopic (exact) mass is 473 g/mol. The van der Waals surface area contributed by atoms with Crippen LogP contribution in [0.1, 0.15) is 22.6 Å². The molecular weight excluding hydrogens is 458 g/mol. The van der Waals surface area contributed by atoms with E-state index >= 15 is 0 Å². The average Bonchev–Trinajstić information content (AvgIpc) is 2.82. The summed E-state index contributed by atoms with van der Waals surface area (Å²) in [7, 11) is 0. The van der Waals surface area contributed by atoms with Crippen molar-refractivity contribution < 1.29 is 19.2 Å². The highest BCUT2D eigenvalue weighted by atomic mass is 35.5. The van der Waals surface area contributed by atoms with E-state index < -0.39 is 16.8 Å². The number of non-ortho nitro benzene ring substituents is 1. The second kappa shape index (κ2) is 9.48. The van der Waals surface area contributed by atoms with Crippen LogP contribution in [0.3, 0.4) is 0 Å². The molecule has 8 nitrogen and oxygen atoms in total. The molecule has 0 bridgehead atoms. The van der Waals surface area contributed by atoms with Gasteiger partial charge in [-0.25, -0.2) is 4.79 Å². The maximum absolute atomic E-state index is 12.3. The zero-order valence-electron chi connectivity index (χ0n) is 17.5. The number of nitrogens with two attached hydrogens (primary N) is 1. The summed E-state index contributed by atoms with van der Waals surface area (Å²) in [6, 6.07) is 19.6. The Hall–Kier alpha value is -4.61. The van der Waals surface area contributed by atoms with Crippen molar-refractivity contribution in [1.82, 2.24) is 0 Å². The van der Waals surface area contributed by atoms with E-state index in [1.54, 1.807) is 48.5 Å². The van der Waals surface area contributed by atoms with Crippen LogP contribution in [0.4, 0.5) is 5.69 Å². The minimum Gasteiger partial charge on any atom is -0.440 e. The fraction of sp³-hybridized carbons (Fsp3) is 0.0400. The smallest absolute Gasteiger partial charge is 0.336 e. The van der Waals surface area contributed by atoms with Crippen LogP contribution >= 0.6 is 11.6 Å². The number of nitriles is 1. The number of carbonyl (C=O) groups is 1. The molecule has 1 unspecified atom stereocenters. The first-order valence-corrected chi connectivity index (χ1v) is 10.3. The molecule has 0 radical (unpaired) electrons. The predicted molar refractivity (Wildman–Crippen MR) is 125 cm³/mol. The molecule has 34 heavy (non-hydrogen) atoms. The Kier molecular flexibility index (Phi) is 6.30. The molecule has 0 aliphatic carbocycles. The van der Waals surface area contributed by atoms with Gasteiger partial charge in [0.25, 0.3) is 5.69 Å². The average molecular weight is 474 g/mol. The molecule has 3 aromatic carbocycles. The molecule has 168 valence electrons. The van der Waals surface area contributed by atoms with E-state index in [4.69, 9.17) is 26.8 Å². The topological polar surface area (TPSA) is 128 Å². The van der Waals surface area contributed by atoms with Gasteiger partial charge in [-0.15, -0.1) is 0 Å². The molecule has 0 amide bonds. The SMILES string of the molecule is N#CC1=C(N)Oc2cc(OC(=O)/C=C/c3ccc(Cl)cc3)ccc2C1c1cccc([N+](=O)[O-])c1. The number of esters is 1. The summed E-state index contributed by atoms with van der Waals surface area (Å²) >= 11 is 5.85. The summed E-state index contributed by atoms with van der Waals surface area (Å²) in [4.78, 5) is 23.0. The van der Waals surface area contributed by atoms with Crippen molar-refractivity contribution in [1.29, 1.82) is 5.26 Å². The van der Waals surface area contributed by atoms with Gasteiger partial charge in [0.05, 0.1) is 10.8 Å². The summed E-state index contributed by atoms with van der Waals surface area (Å²) in [5, 5.41) is 21.5. The molecule has 0 spiro atoms. The number of hydrogen-bond donors (Lipinski definition) is 1. The van der Waals surface area contributed by atoms with Gasteiger partial charge < -0.3 is 15.2 Å². The van der Waals surface area contributed by atoms with Crippen molar-refractivity contribution >= 4 is 29.3 Å². The van der Waals surface area contributed by atoms with E-state index in [-0.39, 0.29) is 28.6 Å². The minimum absolute atomic E-state index is 0.112. The van der Waals surface area contributed by atoms with Gasteiger partial charge in [0.2, 0.25) is 5.88 Å². The van der Waals surface area contributed by atoms with E-state index in [1.807, 2.05) is 6.07 Å².